The molecule has 0 radical (unpaired) electrons. The normalized spacial score (nSPS) is 27.4. The van der Waals surface area contributed by atoms with Crippen LogP contribution in [0.5, 0.6) is 0 Å². The molecule has 1 saturated heterocycles. The van der Waals surface area contributed by atoms with Gasteiger partial charge >= 0.3 is 0 Å². The Morgan fingerprint density at radius 2 is 2.16 bits per heavy atom. The Labute approximate surface area is 113 Å². The van der Waals surface area contributed by atoms with Crippen LogP contribution < -0.4 is 16.2 Å². The van der Waals surface area contributed by atoms with E-state index in [1.807, 2.05) is 6.07 Å². The molecule has 0 spiro atoms. The lowest BCUT2D eigenvalue weighted by molar-refractivity contribution is 0.0340. The highest BCUT2D eigenvalue weighted by atomic mass is 16.5. The van der Waals surface area contributed by atoms with Crippen molar-refractivity contribution in [1.29, 1.82) is 0 Å². The van der Waals surface area contributed by atoms with Crippen molar-refractivity contribution >= 4 is 11.6 Å². The Hall–Kier alpha value is -1.40. The Morgan fingerprint density at radius 3 is 2.84 bits per heavy atom. The molecule has 3 rings (SSSR count). The third kappa shape index (κ3) is 2.64. The summed E-state index contributed by atoms with van der Waals surface area (Å²) in [6.45, 7) is 5.83. The van der Waals surface area contributed by atoms with Gasteiger partial charge in [0.2, 0.25) is 0 Å². The first-order valence-corrected chi connectivity index (χ1v) is 6.91. The zero-order chi connectivity index (χ0) is 13.4. The number of rotatable bonds is 3. The number of nitrogens with one attached hydrogen (secondary N) is 1. The lowest BCUT2D eigenvalue weighted by Gasteiger charge is -2.37. The van der Waals surface area contributed by atoms with E-state index in [0.29, 0.717) is 17.8 Å². The molecule has 1 aromatic heterocycles. The molecule has 1 aliphatic heterocycles. The van der Waals surface area contributed by atoms with Gasteiger partial charge in [0.1, 0.15) is 17.5 Å². The second-order valence-electron chi connectivity index (χ2n) is 5.53. The van der Waals surface area contributed by atoms with E-state index in [1.54, 1.807) is 0 Å². The van der Waals surface area contributed by atoms with E-state index >= 15 is 0 Å². The van der Waals surface area contributed by atoms with Crippen LogP contribution in [0.1, 0.15) is 38.4 Å². The van der Waals surface area contributed by atoms with Crippen LogP contribution in [0, 0.1) is 0 Å². The summed E-state index contributed by atoms with van der Waals surface area (Å²) in [6, 6.07) is 2.24. The highest BCUT2D eigenvalue weighted by Gasteiger charge is 2.30. The quantitative estimate of drug-likeness (QED) is 0.631. The number of nitrogens with zero attached hydrogens (tertiary/aromatic N) is 3. The van der Waals surface area contributed by atoms with Crippen LogP contribution >= 0.6 is 0 Å². The van der Waals surface area contributed by atoms with Crippen molar-refractivity contribution in [2.24, 2.45) is 5.84 Å². The van der Waals surface area contributed by atoms with Gasteiger partial charge in [-0.2, -0.15) is 0 Å². The van der Waals surface area contributed by atoms with Crippen LogP contribution in [0.25, 0.3) is 0 Å². The van der Waals surface area contributed by atoms with Crippen LogP contribution in [0.2, 0.25) is 0 Å². The highest BCUT2D eigenvalue weighted by Crippen LogP contribution is 2.39. The molecule has 0 bridgehead atoms. The maximum atomic E-state index is 5.66. The highest BCUT2D eigenvalue weighted by molar-refractivity contribution is 5.50. The van der Waals surface area contributed by atoms with Crippen LogP contribution in [0.3, 0.4) is 0 Å². The van der Waals surface area contributed by atoms with Gasteiger partial charge in [-0.1, -0.05) is 0 Å². The van der Waals surface area contributed by atoms with Crippen molar-refractivity contribution in [2.75, 3.05) is 23.5 Å². The van der Waals surface area contributed by atoms with Crippen molar-refractivity contribution in [3.8, 4) is 0 Å². The SMILES string of the molecule is CC1CN(c2cc(NN)nc(C3CC3)n2)C(C)CO1. The molecule has 1 aliphatic carbocycles. The molecule has 2 fully saturated rings. The zero-order valence-electron chi connectivity index (χ0n) is 11.5. The minimum atomic E-state index is 0.227. The molecular formula is C13H21N5O. The molecular weight excluding hydrogens is 242 g/mol. The first-order chi connectivity index (χ1) is 9.17. The summed E-state index contributed by atoms with van der Waals surface area (Å²) < 4.78 is 5.66. The number of nitrogen functional groups attached to an aromatic ring is 1. The lowest BCUT2D eigenvalue weighted by atomic mass is 10.2. The van der Waals surface area contributed by atoms with Gasteiger partial charge in [-0.25, -0.2) is 15.8 Å². The van der Waals surface area contributed by atoms with Crippen LogP contribution in [-0.2, 0) is 4.74 Å². The van der Waals surface area contributed by atoms with Crippen molar-refractivity contribution in [2.45, 2.75) is 44.8 Å². The van der Waals surface area contributed by atoms with Crippen molar-refractivity contribution < 1.29 is 4.74 Å². The first-order valence-electron chi connectivity index (χ1n) is 6.91. The Bertz CT molecular complexity index is 462. The maximum absolute atomic E-state index is 5.66. The van der Waals surface area contributed by atoms with Gasteiger partial charge in [-0.3, -0.25) is 0 Å². The summed E-state index contributed by atoms with van der Waals surface area (Å²) in [4.78, 5) is 11.4. The van der Waals surface area contributed by atoms with Gasteiger partial charge in [0, 0.05) is 18.5 Å². The maximum Gasteiger partial charge on any atom is 0.145 e. The molecule has 2 heterocycles. The fraction of sp³-hybridized carbons (Fsp3) is 0.692. The van der Waals surface area contributed by atoms with Crippen molar-refractivity contribution in [1.82, 2.24) is 9.97 Å². The van der Waals surface area contributed by atoms with Gasteiger partial charge in [0.05, 0.1) is 18.8 Å². The Morgan fingerprint density at radius 1 is 1.37 bits per heavy atom. The number of morpholine rings is 1. The molecule has 2 atom stereocenters. The van der Waals surface area contributed by atoms with Gasteiger partial charge in [0.15, 0.2) is 0 Å². The molecule has 1 saturated carbocycles. The van der Waals surface area contributed by atoms with E-state index in [-0.39, 0.29) is 6.10 Å². The van der Waals surface area contributed by atoms with E-state index in [9.17, 15) is 0 Å². The van der Waals surface area contributed by atoms with E-state index in [0.717, 1.165) is 24.8 Å². The number of aromatic nitrogens is 2. The monoisotopic (exact) mass is 263 g/mol. The van der Waals surface area contributed by atoms with Crippen LogP contribution in [0.15, 0.2) is 6.07 Å². The predicted molar refractivity (Wildman–Crippen MR) is 74.0 cm³/mol. The smallest absolute Gasteiger partial charge is 0.145 e. The number of nitrogens with two attached hydrogens (primary N) is 1. The van der Waals surface area contributed by atoms with E-state index in [2.05, 4.69) is 29.2 Å². The molecule has 104 valence electrons. The molecule has 0 amide bonds. The second-order valence-corrected chi connectivity index (χ2v) is 5.53. The average molecular weight is 263 g/mol. The van der Waals surface area contributed by atoms with Crippen molar-refractivity contribution in [3.63, 3.8) is 0 Å². The van der Waals surface area contributed by atoms with Gasteiger partial charge in [0.25, 0.3) is 0 Å². The Balaban J connectivity index is 1.91. The van der Waals surface area contributed by atoms with E-state index in [4.69, 9.17) is 15.6 Å². The van der Waals surface area contributed by atoms with Gasteiger partial charge in [-0.05, 0) is 26.7 Å². The van der Waals surface area contributed by atoms with Gasteiger partial charge in [-0.15, -0.1) is 0 Å². The van der Waals surface area contributed by atoms with Crippen LogP contribution in [-0.4, -0.2) is 35.3 Å². The predicted octanol–water partition coefficient (Wildman–Crippen LogP) is 1.25. The van der Waals surface area contributed by atoms with Gasteiger partial charge < -0.3 is 15.1 Å². The summed E-state index contributed by atoms with van der Waals surface area (Å²) in [6.07, 6.45) is 2.59. The van der Waals surface area contributed by atoms with E-state index < -0.39 is 0 Å². The van der Waals surface area contributed by atoms with Crippen LogP contribution in [0.4, 0.5) is 11.6 Å². The molecule has 6 nitrogen and oxygen atoms in total. The summed E-state index contributed by atoms with van der Waals surface area (Å²) in [5.41, 5.74) is 2.65. The average Bonchev–Trinajstić information content (AvgIpc) is 3.25. The number of hydrazine groups is 1. The fourth-order valence-electron chi connectivity index (χ4n) is 2.42. The lowest BCUT2D eigenvalue weighted by Crippen LogP contribution is -2.48. The number of ether oxygens (including phenoxy) is 1. The minimum Gasteiger partial charge on any atom is -0.375 e. The molecule has 2 aliphatic rings. The summed E-state index contributed by atoms with van der Waals surface area (Å²) >= 11 is 0. The minimum absolute atomic E-state index is 0.227. The molecule has 1 aromatic rings. The largest absolute Gasteiger partial charge is 0.375 e. The molecule has 6 heteroatoms. The number of anilines is 2. The Kier molecular flexibility index (Phi) is 3.28. The number of hydrogen-bond donors (Lipinski definition) is 2. The first kappa shape index (κ1) is 12.6. The number of hydrogen-bond acceptors (Lipinski definition) is 6. The fourth-order valence-corrected chi connectivity index (χ4v) is 2.42. The third-order valence-electron chi connectivity index (χ3n) is 3.72. The topological polar surface area (TPSA) is 76.3 Å². The van der Waals surface area contributed by atoms with Crippen molar-refractivity contribution in [3.05, 3.63) is 11.9 Å². The molecule has 3 N–H and O–H groups in total. The molecule has 2 unspecified atom stereocenters. The molecule has 19 heavy (non-hydrogen) atoms. The summed E-state index contributed by atoms with van der Waals surface area (Å²) in [7, 11) is 0. The zero-order valence-corrected chi connectivity index (χ0v) is 11.5. The summed E-state index contributed by atoms with van der Waals surface area (Å²) in [5.74, 6) is 8.59. The molecule has 0 aromatic carbocycles. The second kappa shape index (κ2) is 4.94. The standard InChI is InChI=1S/C13H21N5O/c1-8-7-19-9(2)6-18(8)12-5-11(17-14)15-13(16-12)10-3-4-10/h5,8-10H,3-4,6-7,14H2,1-2H3,(H,15,16,17). The van der Waals surface area contributed by atoms with E-state index in [1.165, 1.54) is 12.8 Å². The summed E-state index contributed by atoms with van der Waals surface area (Å²) in [5, 5.41) is 0. The third-order valence-corrected chi connectivity index (χ3v) is 3.72.